The molecule has 0 spiro atoms. The van der Waals surface area contributed by atoms with Crippen LogP contribution in [0.4, 0.5) is 0 Å². The molecule has 0 radical (unpaired) electrons. The number of aromatic nitrogens is 1. The van der Waals surface area contributed by atoms with Crippen molar-refractivity contribution in [2.45, 2.75) is 53.4 Å². The first-order valence-corrected chi connectivity index (χ1v) is 13.3. The van der Waals surface area contributed by atoms with Gasteiger partial charge >= 0.3 is 0 Å². The van der Waals surface area contributed by atoms with Crippen molar-refractivity contribution >= 4 is 10.8 Å². The molecule has 0 aliphatic heterocycles. The maximum atomic E-state index is 4.76. The summed E-state index contributed by atoms with van der Waals surface area (Å²) in [5.74, 6) is 0. The van der Waals surface area contributed by atoms with Crippen LogP contribution in [0.1, 0.15) is 52.7 Å². The topological polar surface area (TPSA) is 12.9 Å². The highest BCUT2D eigenvalue weighted by Gasteiger charge is 2.18. The van der Waals surface area contributed by atoms with E-state index in [4.69, 9.17) is 4.98 Å². The van der Waals surface area contributed by atoms with Crippen molar-refractivity contribution < 1.29 is 0 Å². The van der Waals surface area contributed by atoms with Gasteiger partial charge in [0, 0.05) is 11.8 Å². The van der Waals surface area contributed by atoms with E-state index in [1.807, 2.05) is 6.20 Å². The predicted molar refractivity (Wildman–Crippen MR) is 160 cm³/mol. The van der Waals surface area contributed by atoms with Crippen molar-refractivity contribution in [2.75, 3.05) is 0 Å². The van der Waals surface area contributed by atoms with Crippen LogP contribution in [0.3, 0.4) is 0 Å². The lowest BCUT2D eigenvalue weighted by Gasteiger charge is -2.22. The number of hydrogen-bond acceptors (Lipinski definition) is 1. The predicted octanol–water partition coefficient (Wildman–Crippen LogP) is 10.1. The molecule has 0 aliphatic rings. The highest BCUT2D eigenvalue weighted by Crippen LogP contribution is 2.35. The van der Waals surface area contributed by atoms with Crippen molar-refractivity contribution in [1.29, 1.82) is 0 Å². The largest absolute Gasteiger partial charge is 0.256 e. The Balaban J connectivity index is 1.45. The minimum absolute atomic E-state index is 0.0496. The second-order valence-corrected chi connectivity index (χ2v) is 12.4. The summed E-state index contributed by atoms with van der Waals surface area (Å²) in [6, 6.07) is 35.5. The van der Waals surface area contributed by atoms with Gasteiger partial charge in [-0.05, 0) is 85.7 Å². The normalized spacial score (nSPS) is 12.2. The lowest BCUT2D eigenvalue weighted by Crippen LogP contribution is -2.12. The van der Waals surface area contributed by atoms with Crippen LogP contribution in [0.15, 0.2) is 103 Å². The van der Waals surface area contributed by atoms with Crippen molar-refractivity contribution in [3.05, 3.63) is 114 Å². The molecule has 1 nitrogen and oxygen atoms in total. The lowest BCUT2D eigenvalue weighted by atomic mass is 9.82. The van der Waals surface area contributed by atoms with E-state index in [-0.39, 0.29) is 5.41 Å². The van der Waals surface area contributed by atoms with Gasteiger partial charge < -0.3 is 0 Å². The molecule has 186 valence electrons. The van der Waals surface area contributed by atoms with Gasteiger partial charge in [0.2, 0.25) is 0 Å². The van der Waals surface area contributed by atoms with Crippen LogP contribution in [0.25, 0.3) is 44.3 Å². The summed E-state index contributed by atoms with van der Waals surface area (Å²) < 4.78 is 0. The summed E-state index contributed by atoms with van der Waals surface area (Å²) in [7, 11) is 0. The molecule has 0 bridgehead atoms. The minimum Gasteiger partial charge on any atom is -0.256 e. The van der Waals surface area contributed by atoms with Crippen molar-refractivity contribution in [2.24, 2.45) is 5.41 Å². The van der Waals surface area contributed by atoms with Crippen LogP contribution in [0.2, 0.25) is 0 Å². The number of hydrogen-bond donors (Lipinski definition) is 0. The molecule has 0 saturated heterocycles. The molecule has 0 fully saturated rings. The molecule has 0 N–H and O–H groups in total. The van der Waals surface area contributed by atoms with Crippen LogP contribution in [-0.4, -0.2) is 4.98 Å². The van der Waals surface area contributed by atoms with Gasteiger partial charge in [0.15, 0.2) is 0 Å². The summed E-state index contributed by atoms with van der Waals surface area (Å²) in [5.41, 5.74) is 10.1. The third-order valence-corrected chi connectivity index (χ3v) is 6.97. The molecule has 0 atom stereocenters. The average Bonchev–Trinajstić information content (AvgIpc) is 2.87. The summed E-state index contributed by atoms with van der Waals surface area (Å²) in [6.07, 6.45) is 3.02. The van der Waals surface area contributed by atoms with E-state index in [1.54, 1.807) is 0 Å². The Morgan fingerprint density at radius 1 is 0.568 bits per heavy atom. The average molecular weight is 484 g/mol. The highest BCUT2D eigenvalue weighted by atomic mass is 14.7. The zero-order chi connectivity index (χ0) is 26.2. The van der Waals surface area contributed by atoms with E-state index in [1.165, 1.54) is 44.2 Å². The molecule has 0 saturated carbocycles. The first-order valence-electron chi connectivity index (χ1n) is 13.3. The number of fused-ring (bicyclic) bond motifs is 1. The lowest BCUT2D eigenvalue weighted by molar-refractivity contribution is 0.411. The molecule has 1 heterocycles. The maximum Gasteiger partial charge on any atom is 0.0708 e. The zero-order valence-electron chi connectivity index (χ0n) is 23.0. The fourth-order valence-electron chi connectivity index (χ4n) is 5.13. The van der Waals surface area contributed by atoms with Gasteiger partial charge in [-0.15, -0.1) is 0 Å². The third kappa shape index (κ3) is 5.67. The Labute approximate surface area is 222 Å². The second kappa shape index (κ2) is 9.63. The quantitative estimate of drug-likeness (QED) is 0.248. The Kier molecular flexibility index (Phi) is 6.50. The SMILES string of the molecule is CC(C)(C)Cc1ccc(-c2ccc(-c3ccnc(-c4cc(C(C)(C)C)c5ccccc5c4)c3)cc2)cc1. The minimum atomic E-state index is 0.0496. The monoisotopic (exact) mass is 483 g/mol. The third-order valence-electron chi connectivity index (χ3n) is 6.97. The maximum absolute atomic E-state index is 4.76. The Hall–Kier alpha value is -3.71. The Morgan fingerprint density at radius 3 is 1.78 bits per heavy atom. The molecule has 0 unspecified atom stereocenters. The molecule has 0 aliphatic carbocycles. The summed E-state index contributed by atoms with van der Waals surface area (Å²) in [4.78, 5) is 4.76. The van der Waals surface area contributed by atoms with Crippen LogP contribution < -0.4 is 0 Å². The van der Waals surface area contributed by atoms with Gasteiger partial charge in [0.1, 0.15) is 0 Å². The van der Waals surface area contributed by atoms with Crippen molar-refractivity contribution in [1.82, 2.24) is 4.98 Å². The first kappa shape index (κ1) is 25.0. The van der Waals surface area contributed by atoms with E-state index in [9.17, 15) is 0 Å². The van der Waals surface area contributed by atoms with Gasteiger partial charge in [-0.2, -0.15) is 0 Å². The van der Waals surface area contributed by atoms with Gasteiger partial charge in [-0.1, -0.05) is 114 Å². The van der Waals surface area contributed by atoms with Gasteiger partial charge in [0.05, 0.1) is 5.69 Å². The number of benzene rings is 4. The van der Waals surface area contributed by atoms with E-state index < -0.39 is 0 Å². The standard InChI is InChI=1S/C36H37N/c1-35(2,3)24-25-11-13-26(14-12-25)27-15-17-28(18-16-27)29-19-20-37-34(23-29)31-21-30-9-7-8-10-32(30)33(22-31)36(4,5)6/h7-23H,24H2,1-6H3. The number of rotatable bonds is 4. The van der Waals surface area contributed by atoms with Crippen LogP contribution in [-0.2, 0) is 11.8 Å². The van der Waals surface area contributed by atoms with Crippen molar-refractivity contribution in [3.63, 3.8) is 0 Å². The zero-order valence-corrected chi connectivity index (χ0v) is 23.0. The fourth-order valence-corrected chi connectivity index (χ4v) is 5.13. The van der Waals surface area contributed by atoms with E-state index >= 15 is 0 Å². The Bertz CT molecular complexity index is 1530. The van der Waals surface area contributed by atoms with Gasteiger partial charge in [-0.3, -0.25) is 4.98 Å². The molecule has 0 amide bonds. The Morgan fingerprint density at radius 2 is 1.16 bits per heavy atom. The molecule has 37 heavy (non-hydrogen) atoms. The summed E-state index contributed by atoms with van der Waals surface area (Å²) in [6.45, 7) is 13.7. The number of nitrogens with zero attached hydrogens (tertiary/aromatic N) is 1. The fraction of sp³-hybridized carbons (Fsp3) is 0.250. The smallest absolute Gasteiger partial charge is 0.0708 e. The van der Waals surface area contributed by atoms with Gasteiger partial charge in [0.25, 0.3) is 0 Å². The molecular formula is C36H37N. The number of pyridine rings is 1. The molecule has 1 aromatic heterocycles. The van der Waals surface area contributed by atoms with E-state index in [0.29, 0.717) is 5.41 Å². The van der Waals surface area contributed by atoms with Crippen molar-refractivity contribution in [3.8, 4) is 33.5 Å². The molecule has 1 heteroatoms. The summed E-state index contributed by atoms with van der Waals surface area (Å²) in [5, 5.41) is 2.58. The second-order valence-electron chi connectivity index (χ2n) is 12.4. The van der Waals surface area contributed by atoms with E-state index in [0.717, 1.165) is 17.7 Å². The highest BCUT2D eigenvalue weighted by molar-refractivity contribution is 5.91. The van der Waals surface area contributed by atoms with Crippen LogP contribution in [0, 0.1) is 5.41 Å². The first-order chi connectivity index (χ1) is 17.6. The van der Waals surface area contributed by atoms with Crippen LogP contribution in [0.5, 0.6) is 0 Å². The molecule has 5 aromatic rings. The molecule has 4 aromatic carbocycles. The van der Waals surface area contributed by atoms with Crippen LogP contribution >= 0.6 is 0 Å². The summed E-state index contributed by atoms with van der Waals surface area (Å²) >= 11 is 0. The molecular weight excluding hydrogens is 446 g/mol. The molecule has 5 rings (SSSR count). The van der Waals surface area contributed by atoms with E-state index in [2.05, 4.69) is 139 Å². The van der Waals surface area contributed by atoms with Gasteiger partial charge in [-0.25, -0.2) is 0 Å².